The summed E-state index contributed by atoms with van der Waals surface area (Å²) in [5, 5.41) is 3.69. The molecule has 0 heterocycles. The van der Waals surface area contributed by atoms with Crippen LogP contribution in [0.5, 0.6) is 0 Å². The second kappa shape index (κ2) is 8.84. The van der Waals surface area contributed by atoms with Crippen molar-refractivity contribution in [3.05, 3.63) is 0 Å². The van der Waals surface area contributed by atoms with E-state index in [-0.39, 0.29) is 0 Å². The van der Waals surface area contributed by atoms with Gasteiger partial charge in [0, 0.05) is 6.42 Å². The zero-order valence-electron chi connectivity index (χ0n) is 15.3. The molecule has 0 saturated heterocycles. The van der Waals surface area contributed by atoms with Crippen LogP contribution in [0.3, 0.4) is 0 Å². The molecule has 1 saturated carbocycles. The molecule has 21 heavy (non-hydrogen) atoms. The van der Waals surface area contributed by atoms with Crippen molar-refractivity contribution in [1.29, 1.82) is 0 Å². The van der Waals surface area contributed by atoms with Crippen molar-refractivity contribution in [2.75, 3.05) is 13.1 Å². The Labute approximate surface area is 133 Å². The normalized spacial score (nSPS) is 26.5. The van der Waals surface area contributed by atoms with Crippen LogP contribution in [-0.4, -0.2) is 13.1 Å². The lowest BCUT2D eigenvalue weighted by Gasteiger charge is -2.42. The summed E-state index contributed by atoms with van der Waals surface area (Å²) < 4.78 is 0. The van der Waals surface area contributed by atoms with Crippen LogP contribution in [0.1, 0.15) is 73.6 Å². The zero-order valence-corrected chi connectivity index (χ0v) is 15.3. The van der Waals surface area contributed by atoms with Crippen molar-refractivity contribution in [1.82, 2.24) is 5.32 Å². The van der Waals surface area contributed by atoms with Gasteiger partial charge in [-0.25, -0.2) is 0 Å². The molecule has 0 aliphatic heterocycles. The van der Waals surface area contributed by atoms with E-state index in [1.807, 2.05) is 6.92 Å². The summed E-state index contributed by atoms with van der Waals surface area (Å²) in [7, 11) is 0. The molecule has 1 nitrogen and oxygen atoms in total. The van der Waals surface area contributed by atoms with Crippen molar-refractivity contribution in [3.8, 4) is 11.8 Å². The van der Waals surface area contributed by atoms with Gasteiger partial charge in [0.05, 0.1) is 0 Å². The van der Waals surface area contributed by atoms with Gasteiger partial charge in [-0.1, -0.05) is 34.6 Å². The van der Waals surface area contributed by atoms with Crippen molar-refractivity contribution >= 4 is 0 Å². The highest BCUT2D eigenvalue weighted by molar-refractivity contribution is 4.96. The number of hydrogen-bond acceptors (Lipinski definition) is 1. The molecule has 1 fully saturated rings. The fourth-order valence-corrected chi connectivity index (χ4v) is 3.68. The van der Waals surface area contributed by atoms with E-state index in [2.05, 4.69) is 51.8 Å². The molecule has 0 radical (unpaired) electrons. The van der Waals surface area contributed by atoms with Crippen LogP contribution in [0.25, 0.3) is 0 Å². The summed E-state index contributed by atoms with van der Waals surface area (Å²) in [6.07, 6.45) is 6.59. The van der Waals surface area contributed by atoms with E-state index in [4.69, 9.17) is 0 Å². The van der Waals surface area contributed by atoms with Crippen molar-refractivity contribution in [2.45, 2.75) is 73.6 Å². The third-order valence-corrected chi connectivity index (χ3v) is 5.14. The van der Waals surface area contributed by atoms with E-state index < -0.39 is 0 Å². The molecule has 1 aliphatic carbocycles. The molecule has 0 aromatic rings. The fourth-order valence-electron chi connectivity index (χ4n) is 3.68. The van der Waals surface area contributed by atoms with Gasteiger partial charge in [0.15, 0.2) is 0 Å². The Hall–Kier alpha value is -0.480. The van der Waals surface area contributed by atoms with Crippen LogP contribution in [-0.2, 0) is 0 Å². The van der Waals surface area contributed by atoms with Crippen molar-refractivity contribution in [2.24, 2.45) is 29.1 Å². The minimum atomic E-state index is 0.463. The maximum Gasteiger partial charge on any atom is 0.00913 e. The molecule has 0 aromatic carbocycles. The van der Waals surface area contributed by atoms with Gasteiger partial charge < -0.3 is 5.32 Å². The lowest BCUT2D eigenvalue weighted by atomic mass is 9.64. The average Bonchev–Trinajstić information content (AvgIpc) is 2.38. The first-order valence-corrected chi connectivity index (χ1v) is 8.95. The summed E-state index contributed by atoms with van der Waals surface area (Å²) in [5.41, 5.74) is 0.463. The minimum Gasteiger partial charge on any atom is -0.316 e. The maximum atomic E-state index is 3.69. The van der Waals surface area contributed by atoms with Gasteiger partial charge in [-0.05, 0) is 74.8 Å². The van der Waals surface area contributed by atoms with Crippen LogP contribution in [0.15, 0.2) is 0 Å². The highest BCUT2D eigenvalue weighted by atomic mass is 14.9. The Bertz CT molecular complexity index is 339. The molecule has 1 aliphatic rings. The predicted octanol–water partition coefficient (Wildman–Crippen LogP) is 5.11. The van der Waals surface area contributed by atoms with Crippen LogP contribution < -0.4 is 5.32 Å². The summed E-state index contributed by atoms with van der Waals surface area (Å²) >= 11 is 0. The molecule has 122 valence electrons. The van der Waals surface area contributed by atoms with Crippen molar-refractivity contribution < 1.29 is 0 Å². The van der Waals surface area contributed by atoms with Gasteiger partial charge >= 0.3 is 0 Å². The average molecular weight is 292 g/mol. The minimum absolute atomic E-state index is 0.463. The fraction of sp³-hybridized carbons (Fsp3) is 0.900. The standard InChI is InChI=1S/C20H37N/c1-7-8-9-10-17-13-19(20(4,5)6)12-11-18(17)15-21-14-16(2)3/h16-19,21H,9-15H2,1-6H3. The Morgan fingerprint density at radius 2 is 1.86 bits per heavy atom. The van der Waals surface area contributed by atoms with E-state index in [0.717, 1.165) is 36.6 Å². The van der Waals surface area contributed by atoms with E-state index in [0.29, 0.717) is 5.41 Å². The molecule has 0 bridgehead atoms. The summed E-state index contributed by atoms with van der Waals surface area (Å²) in [4.78, 5) is 0. The molecule has 3 atom stereocenters. The lowest BCUT2D eigenvalue weighted by Crippen LogP contribution is -2.37. The van der Waals surface area contributed by atoms with E-state index >= 15 is 0 Å². The molecule has 0 spiro atoms. The topological polar surface area (TPSA) is 12.0 Å². The predicted molar refractivity (Wildman–Crippen MR) is 94.2 cm³/mol. The van der Waals surface area contributed by atoms with E-state index in [1.165, 1.54) is 32.2 Å². The van der Waals surface area contributed by atoms with Gasteiger partial charge in [-0.3, -0.25) is 0 Å². The second-order valence-corrected chi connectivity index (χ2v) is 8.41. The molecule has 3 unspecified atom stereocenters. The third kappa shape index (κ3) is 6.88. The largest absolute Gasteiger partial charge is 0.316 e. The molecular formula is C20H37N. The zero-order chi connectivity index (χ0) is 15.9. The number of rotatable bonds is 6. The van der Waals surface area contributed by atoms with Crippen molar-refractivity contribution in [3.63, 3.8) is 0 Å². The van der Waals surface area contributed by atoms with Gasteiger partial charge in [0.2, 0.25) is 0 Å². The SMILES string of the molecule is CC#CCCC1CC(C(C)(C)C)CCC1CNCC(C)C. The van der Waals surface area contributed by atoms with Gasteiger partial charge in [-0.2, -0.15) is 0 Å². The molecular weight excluding hydrogens is 254 g/mol. The molecule has 0 amide bonds. The van der Waals surface area contributed by atoms with Crippen LogP contribution >= 0.6 is 0 Å². The first-order chi connectivity index (χ1) is 9.84. The van der Waals surface area contributed by atoms with Gasteiger partial charge in [-0.15, -0.1) is 11.8 Å². The maximum absolute atomic E-state index is 3.69. The highest BCUT2D eigenvalue weighted by Crippen LogP contribution is 2.44. The molecule has 1 rings (SSSR count). The highest BCUT2D eigenvalue weighted by Gasteiger charge is 2.35. The number of hydrogen-bond donors (Lipinski definition) is 1. The Balaban J connectivity index is 2.56. The van der Waals surface area contributed by atoms with E-state index in [1.54, 1.807) is 0 Å². The van der Waals surface area contributed by atoms with E-state index in [9.17, 15) is 0 Å². The Morgan fingerprint density at radius 3 is 2.43 bits per heavy atom. The first-order valence-electron chi connectivity index (χ1n) is 8.95. The Morgan fingerprint density at radius 1 is 1.14 bits per heavy atom. The van der Waals surface area contributed by atoms with Gasteiger partial charge in [0.1, 0.15) is 0 Å². The summed E-state index contributed by atoms with van der Waals surface area (Å²) in [6, 6.07) is 0. The second-order valence-electron chi connectivity index (χ2n) is 8.41. The third-order valence-electron chi connectivity index (χ3n) is 5.14. The van der Waals surface area contributed by atoms with Crippen LogP contribution in [0.2, 0.25) is 0 Å². The smallest absolute Gasteiger partial charge is 0.00913 e. The summed E-state index contributed by atoms with van der Waals surface area (Å²) in [6.45, 7) is 16.1. The molecule has 0 aromatic heterocycles. The van der Waals surface area contributed by atoms with Crippen LogP contribution in [0, 0.1) is 40.9 Å². The number of nitrogens with one attached hydrogen (secondary N) is 1. The van der Waals surface area contributed by atoms with Crippen LogP contribution in [0.4, 0.5) is 0 Å². The lowest BCUT2D eigenvalue weighted by molar-refractivity contribution is 0.0930. The van der Waals surface area contributed by atoms with Gasteiger partial charge in [0.25, 0.3) is 0 Å². The molecule has 1 heteroatoms. The monoisotopic (exact) mass is 291 g/mol. The summed E-state index contributed by atoms with van der Waals surface area (Å²) in [5.74, 6) is 9.69. The first kappa shape index (κ1) is 18.6. The Kier molecular flexibility index (Phi) is 7.82. The molecule has 1 N–H and O–H groups in total. The quantitative estimate of drug-likeness (QED) is 0.670.